The Morgan fingerprint density at radius 3 is 2.43 bits per heavy atom. The minimum atomic E-state index is -0.507. The molecule has 1 N–H and O–H groups in total. The van der Waals surface area contributed by atoms with Gasteiger partial charge in [0, 0.05) is 12.3 Å². The molecule has 2 unspecified atom stereocenters. The highest BCUT2D eigenvalue weighted by molar-refractivity contribution is 6.01. The van der Waals surface area contributed by atoms with Crippen LogP contribution in [0.3, 0.4) is 0 Å². The standard InChI is InChI=1S/C28H30N2O5/c1-19-7-3-6-10-25(19)34-21-12-14-22(15-13-21)35-27-16-11-20(18-29-27)17-26(31)30-24-9-5-4-8-23(24)28(32)33-2/h4-5,8-9,11-16,18-19,25H,3,6-7,10,17H2,1-2H3,(H,30,31). The number of nitrogens with one attached hydrogen (secondary N) is 1. The van der Waals surface area contributed by atoms with E-state index in [0.717, 1.165) is 17.7 Å². The van der Waals surface area contributed by atoms with E-state index in [1.807, 2.05) is 24.3 Å². The van der Waals surface area contributed by atoms with Gasteiger partial charge in [-0.3, -0.25) is 4.79 Å². The van der Waals surface area contributed by atoms with Crippen molar-refractivity contribution < 1.29 is 23.8 Å². The number of rotatable bonds is 8. The van der Waals surface area contributed by atoms with Gasteiger partial charge in [0.05, 0.1) is 24.8 Å². The smallest absolute Gasteiger partial charge is 0.339 e. The van der Waals surface area contributed by atoms with Crippen molar-refractivity contribution in [3.05, 3.63) is 78.0 Å². The van der Waals surface area contributed by atoms with E-state index in [2.05, 4.69) is 17.2 Å². The fourth-order valence-electron chi connectivity index (χ4n) is 4.17. The first kappa shape index (κ1) is 24.3. The maximum atomic E-state index is 12.5. The van der Waals surface area contributed by atoms with Crippen molar-refractivity contribution in [3.63, 3.8) is 0 Å². The Balaban J connectivity index is 1.30. The Morgan fingerprint density at radius 2 is 1.71 bits per heavy atom. The van der Waals surface area contributed by atoms with Gasteiger partial charge in [-0.25, -0.2) is 9.78 Å². The predicted molar refractivity (Wildman–Crippen MR) is 133 cm³/mol. The van der Waals surface area contributed by atoms with E-state index in [0.29, 0.717) is 28.8 Å². The number of ether oxygens (including phenoxy) is 3. The average Bonchev–Trinajstić information content (AvgIpc) is 2.87. The molecule has 1 amide bonds. The first-order valence-corrected chi connectivity index (χ1v) is 11.9. The number of esters is 1. The van der Waals surface area contributed by atoms with E-state index in [-0.39, 0.29) is 18.4 Å². The summed E-state index contributed by atoms with van der Waals surface area (Å²) in [6.07, 6.45) is 6.81. The summed E-state index contributed by atoms with van der Waals surface area (Å²) in [5, 5.41) is 2.76. The fraction of sp³-hybridized carbons (Fsp3) is 0.321. The third-order valence-corrected chi connectivity index (χ3v) is 6.14. The number of benzene rings is 2. The Morgan fingerprint density at radius 1 is 0.971 bits per heavy atom. The number of carbonyl (C=O) groups is 2. The lowest BCUT2D eigenvalue weighted by molar-refractivity contribution is -0.115. The molecule has 0 spiro atoms. The summed E-state index contributed by atoms with van der Waals surface area (Å²) in [7, 11) is 1.30. The Hall–Kier alpha value is -3.87. The third kappa shape index (κ3) is 6.59. The normalized spacial score (nSPS) is 17.3. The molecule has 2 atom stereocenters. The highest BCUT2D eigenvalue weighted by atomic mass is 16.5. The molecule has 0 radical (unpaired) electrons. The lowest BCUT2D eigenvalue weighted by Crippen LogP contribution is -2.28. The van der Waals surface area contributed by atoms with Crippen LogP contribution in [0.5, 0.6) is 17.4 Å². The SMILES string of the molecule is COC(=O)c1ccccc1NC(=O)Cc1ccc(Oc2ccc(OC3CCCCC3C)cc2)nc1. The van der Waals surface area contributed by atoms with Gasteiger partial charge in [-0.1, -0.05) is 31.5 Å². The molecular weight excluding hydrogens is 444 g/mol. The van der Waals surface area contributed by atoms with E-state index in [4.69, 9.17) is 14.2 Å². The summed E-state index contributed by atoms with van der Waals surface area (Å²) in [5.41, 5.74) is 1.42. The maximum absolute atomic E-state index is 12.5. The molecule has 182 valence electrons. The number of aromatic nitrogens is 1. The van der Waals surface area contributed by atoms with Crippen molar-refractivity contribution in [3.8, 4) is 17.4 Å². The Bertz CT molecular complexity index is 1140. The molecule has 1 fully saturated rings. The van der Waals surface area contributed by atoms with Crippen LogP contribution in [0.25, 0.3) is 0 Å². The topological polar surface area (TPSA) is 86.8 Å². The second kappa shape index (κ2) is 11.5. The number of para-hydroxylation sites is 1. The molecule has 1 aromatic heterocycles. The molecule has 4 rings (SSSR count). The Kier molecular flexibility index (Phi) is 7.98. The van der Waals surface area contributed by atoms with Crippen LogP contribution in [0, 0.1) is 5.92 Å². The van der Waals surface area contributed by atoms with E-state index in [1.165, 1.54) is 26.4 Å². The minimum Gasteiger partial charge on any atom is -0.490 e. The monoisotopic (exact) mass is 474 g/mol. The van der Waals surface area contributed by atoms with Crippen molar-refractivity contribution in [2.45, 2.75) is 45.1 Å². The molecule has 0 bridgehead atoms. The van der Waals surface area contributed by atoms with E-state index >= 15 is 0 Å². The van der Waals surface area contributed by atoms with Crippen LogP contribution >= 0.6 is 0 Å². The van der Waals surface area contributed by atoms with Crippen LogP contribution in [0.4, 0.5) is 5.69 Å². The zero-order chi connectivity index (χ0) is 24.6. The van der Waals surface area contributed by atoms with Crippen LogP contribution < -0.4 is 14.8 Å². The summed E-state index contributed by atoms with van der Waals surface area (Å²) in [4.78, 5) is 28.7. The molecule has 2 aromatic carbocycles. The minimum absolute atomic E-state index is 0.106. The van der Waals surface area contributed by atoms with Gasteiger partial charge in [0.25, 0.3) is 0 Å². The maximum Gasteiger partial charge on any atom is 0.339 e. The molecule has 1 aliphatic rings. The third-order valence-electron chi connectivity index (χ3n) is 6.14. The largest absolute Gasteiger partial charge is 0.490 e. The van der Waals surface area contributed by atoms with Crippen molar-refractivity contribution >= 4 is 17.6 Å². The second-order valence-corrected chi connectivity index (χ2v) is 8.76. The first-order valence-electron chi connectivity index (χ1n) is 11.9. The van der Waals surface area contributed by atoms with Crippen LogP contribution in [0.15, 0.2) is 66.9 Å². The summed E-state index contributed by atoms with van der Waals surface area (Å²) < 4.78 is 16.8. The fourth-order valence-corrected chi connectivity index (χ4v) is 4.17. The predicted octanol–water partition coefficient (Wildman–Crippen LogP) is 5.80. The van der Waals surface area contributed by atoms with Gasteiger partial charge in [0.2, 0.25) is 11.8 Å². The summed E-state index contributed by atoms with van der Waals surface area (Å²) in [5.74, 6) is 1.74. The first-order chi connectivity index (χ1) is 17.0. The van der Waals surface area contributed by atoms with Gasteiger partial charge in [-0.05, 0) is 67.1 Å². The number of hydrogen-bond acceptors (Lipinski definition) is 6. The quantitative estimate of drug-likeness (QED) is 0.415. The van der Waals surface area contributed by atoms with Crippen molar-refractivity contribution in [1.82, 2.24) is 4.98 Å². The number of methoxy groups -OCH3 is 1. The van der Waals surface area contributed by atoms with Crippen molar-refractivity contribution in [2.75, 3.05) is 12.4 Å². The second-order valence-electron chi connectivity index (χ2n) is 8.76. The zero-order valence-electron chi connectivity index (χ0n) is 20.0. The van der Waals surface area contributed by atoms with Gasteiger partial charge >= 0.3 is 5.97 Å². The van der Waals surface area contributed by atoms with E-state index < -0.39 is 5.97 Å². The van der Waals surface area contributed by atoms with E-state index in [1.54, 1.807) is 42.6 Å². The highest BCUT2D eigenvalue weighted by Gasteiger charge is 2.22. The van der Waals surface area contributed by atoms with Gasteiger partial charge in [0.15, 0.2) is 0 Å². The van der Waals surface area contributed by atoms with Crippen LogP contribution in [-0.4, -0.2) is 30.1 Å². The number of amides is 1. The summed E-state index contributed by atoms with van der Waals surface area (Å²) >= 11 is 0. The van der Waals surface area contributed by atoms with Crippen LogP contribution in [0.1, 0.15) is 48.5 Å². The molecule has 1 aliphatic carbocycles. The molecule has 0 aliphatic heterocycles. The van der Waals surface area contributed by atoms with E-state index in [9.17, 15) is 9.59 Å². The number of anilines is 1. The molecule has 3 aromatic rings. The average molecular weight is 475 g/mol. The molecule has 35 heavy (non-hydrogen) atoms. The number of nitrogens with zero attached hydrogens (tertiary/aromatic N) is 1. The van der Waals surface area contributed by atoms with Gasteiger partial charge < -0.3 is 19.5 Å². The van der Waals surface area contributed by atoms with Crippen LogP contribution in [0.2, 0.25) is 0 Å². The lowest BCUT2D eigenvalue weighted by atomic mass is 9.88. The summed E-state index contributed by atoms with van der Waals surface area (Å²) in [6.45, 7) is 2.25. The van der Waals surface area contributed by atoms with Gasteiger partial charge in [-0.15, -0.1) is 0 Å². The van der Waals surface area contributed by atoms with Gasteiger partial charge in [0.1, 0.15) is 17.6 Å². The molecule has 7 nitrogen and oxygen atoms in total. The number of pyridine rings is 1. The molecule has 7 heteroatoms. The molecular formula is C28H30N2O5. The molecule has 1 heterocycles. The highest BCUT2D eigenvalue weighted by Crippen LogP contribution is 2.29. The Labute approximate surface area is 205 Å². The van der Waals surface area contributed by atoms with Crippen LogP contribution in [-0.2, 0) is 16.0 Å². The molecule has 1 saturated carbocycles. The summed E-state index contributed by atoms with van der Waals surface area (Å²) in [6, 6.07) is 17.8. The van der Waals surface area contributed by atoms with Gasteiger partial charge in [-0.2, -0.15) is 0 Å². The number of hydrogen-bond donors (Lipinski definition) is 1. The number of carbonyl (C=O) groups excluding carboxylic acids is 2. The molecule has 0 saturated heterocycles. The lowest BCUT2D eigenvalue weighted by Gasteiger charge is -2.29. The zero-order valence-corrected chi connectivity index (χ0v) is 20.0. The van der Waals surface area contributed by atoms with Crippen molar-refractivity contribution in [2.24, 2.45) is 5.92 Å². The van der Waals surface area contributed by atoms with Crippen molar-refractivity contribution in [1.29, 1.82) is 0 Å².